The summed E-state index contributed by atoms with van der Waals surface area (Å²) < 4.78 is 26.3. The number of pyridine rings is 2. The summed E-state index contributed by atoms with van der Waals surface area (Å²) in [6, 6.07) is 41.6. The highest BCUT2D eigenvalue weighted by Crippen LogP contribution is 2.36. The Morgan fingerprint density at radius 1 is 0.505 bits per heavy atom. The normalized spacial score (nSPS) is 14.5. The Kier molecular flexibility index (Phi) is 25.8. The third kappa shape index (κ3) is 18.7. The predicted octanol–water partition coefficient (Wildman–Crippen LogP) is 12.2. The number of rotatable bonds is 27. The monoisotopic (exact) mass is 1450 g/mol. The number of nitrogens with one attached hydrogen (secondary N) is 6. The number of aldehydes is 1. The molecule has 558 valence electrons. The van der Waals surface area contributed by atoms with E-state index in [9.17, 15) is 24.0 Å². The van der Waals surface area contributed by atoms with E-state index in [1.54, 1.807) is 74.9 Å². The quantitative estimate of drug-likeness (QED) is 0.0261. The van der Waals surface area contributed by atoms with Gasteiger partial charge in [0.15, 0.2) is 11.3 Å². The number of hydrogen-bond donors (Lipinski definition) is 6. The lowest BCUT2D eigenvalue weighted by Gasteiger charge is -2.26. The molecule has 3 saturated heterocycles. The zero-order chi connectivity index (χ0) is 74.8. The predicted molar refractivity (Wildman–Crippen MR) is 417 cm³/mol. The van der Waals surface area contributed by atoms with Crippen molar-refractivity contribution in [1.29, 1.82) is 0 Å². The molecule has 0 spiro atoms. The summed E-state index contributed by atoms with van der Waals surface area (Å²) in [5.41, 5.74) is 16.2. The van der Waals surface area contributed by atoms with Gasteiger partial charge in [0, 0.05) is 159 Å². The van der Waals surface area contributed by atoms with Crippen LogP contribution in [0.1, 0.15) is 151 Å². The van der Waals surface area contributed by atoms with Gasteiger partial charge in [-0.25, -0.2) is 19.3 Å². The van der Waals surface area contributed by atoms with Gasteiger partial charge in [0.2, 0.25) is 0 Å². The number of likely N-dealkylation sites (N-methyl/N-ethyl adjacent to an activating group) is 1. The maximum absolute atomic E-state index is 13.7. The number of aromatic nitrogens is 6. The molecule has 13 rings (SSSR count). The van der Waals surface area contributed by atoms with Crippen molar-refractivity contribution in [1.82, 2.24) is 60.6 Å². The molecule has 0 atom stereocenters. The van der Waals surface area contributed by atoms with Gasteiger partial charge in [-0.05, 0) is 180 Å². The molecule has 0 radical (unpaired) electrons. The molecule has 3 fully saturated rings. The molecule has 6 N–H and O–H groups in total. The van der Waals surface area contributed by atoms with Crippen molar-refractivity contribution in [2.75, 3.05) is 84.5 Å². The van der Waals surface area contributed by atoms with E-state index in [2.05, 4.69) is 110 Å². The number of fused-ring (bicyclic) bond motifs is 2. The molecule has 0 aliphatic carbocycles. The number of anilines is 2. The van der Waals surface area contributed by atoms with E-state index < -0.39 is 0 Å². The van der Waals surface area contributed by atoms with Crippen molar-refractivity contribution in [3.05, 3.63) is 213 Å². The summed E-state index contributed by atoms with van der Waals surface area (Å²) in [5, 5.41) is 30.8. The van der Waals surface area contributed by atoms with E-state index in [0.717, 1.165) is 160 Å². The summed E-state index contributed by atoms with van der Waals surface area (Å²) in [6.45, 7) is 18.9. The lowest BCUT2D eigenvalue weighted by molar-refractivity contribution is 0.0903. The van der Waals surface area contributed by atoms with Gasteiger partial charge in [-0.3, -0.25) is 28.9 Å². The first kappa shape index (κ1) is 75.8. The van der Waals surface area contributed by atoms with Crippen molar-refractivity contribution in [3.8, 4) is 33.8 Å². The van der Waals surface area contributed by atoms with Crippen LogP contribution in [-0.4, -0.2) is 155 Å². The summed E-state index contributed by atoms with van der Waals surface area (Å²) in [4.78, 5) is 80.1. The molecule has 4 amide bonds. The fraction of sp³-hybridized carbons (Fsp3) is 0.369. The number of carbonyl (C=O) groups is 5. The van der Waals surface area contributed by atoms with Crippen molar-refractivity contribution in [2.45, 2.75) is 131 Å². The number of aryl methyl sites for hydroxylation is 4. The Morgan fingerprint density at radius 2 is 0.953 bits per heavy atom. The van der Waals surface area contributed by atoms with E-state index in [0.29, 0.717) is 92.5 Å². The van der Waals surface area contributed by atoms with E-state index in [1.165, 1.54) is 12.0 Å². The molecule has 3 aliphatic heterocycles. The molecule has 0 unspecified atom stereocenters. The third-order valence-electron chi connectivity index (χ3n) is 20.2. The van der Waals surface area contributed by atoms with E-state index in [-0.39, 0.29) is 55.3 Å². The van der Waals surface area contributed by atoms with Crippen LogP contribution >= 0.6 is 0 Å². The van der Waals surface area contributed by atoms with Crippen LogP contribution in [0.2, 0.25) is 0 Å². The van der Waals surface area contributed by atoms with Crippen LogP contribution < -0.4 is 41.4 Å². The molecule has 10 aromatic rings. The second-order valence-corrected chi connectivity index (χ2v) is 27.3. The number of ether oxygens (including phenoxy) is 4. The lowest BCUT2D eigenvalue weighted by atomic mass is 9.99. The second-order valence-electron chi connectivity index (χ2n) is 27.3. The van der Waals surface area contributed by atoms with E-state index >= 15 is 0 Å². The standard InChI is InChI=1S/C45H56N8O4.C39H42N6O5/c1-5-40-38(42(49-36-16-22-57-23-17-36)39-29-48-53(6-2)43(39)50-40)28-47-45(55)35-13-8-12-34(26-35)44(54)46-27-31-14-15-41(56-4)37(25-31)33-11-7-10-32(24-33)30-52-19-9-18-51(3)20-21-52;1-4-34-32(36(43-30-14-16-50-17-15-30)33-23-42-45(5-2)37(33)44-34)22-41-39(48)29-11-7-10-28(20-29)38(47)40-21-25-12-13-35(49-3)31(19-25)27-9-6-8-26(18-27)24-46/h7-8,10-15,24-26,29,36H,5-6,9,16-23,27-28,30H2,1-4H3,(H,46,54)(H,47,55)(H,49,50);6-13,18-20,23-24,30H,4-5,14-17,21-22H2,1-3H3,(H,40,47)(H,41,48)(H,43,44). The number of carbonyl (C=O) groups excluding carboxylic acids is 5. The summed E-state index contributed by atoms with van der Waals surface area (Å²) >= 11 is 0. The van der Waals surface area contributed by atoms with Crippen molar-refractivity contribution in [3.63, 3.8) is 0 Å². The average molecular weight is 1450 g/mol. The number of methoxy groups -OCH3 is 2. The van der Waals surface area contributed by atoms with Crippen LogP contribution in [0.4, 0.5) is 11.4 Å². The molecule has 4 aromatic heterocycles. The summed E-state index contributed by atoms with van der Waals surface area (Å²) in [6.07, 6.45) is 10.7. The number of amides is 4. The van der Waals surface area contributed by atoms with E-state index in [4.69, 9.17) is 28.9 Å². The Labute approximate surface area is 625 Å². The van der Waals surface area contributed by atoms with Crippen LogP contribution in [0, 0.1) is 0 Å². The lowest BCUT2D eigenvalue weighted by Crippen LogP contribution is -2.30. The number of hydrogen-bond acceptors (Lipinski definition) is 17. The molecule has 6 aromatic carbocycles. The SMILES string of the molecule is CCc1nc2c(cnn2CC)c(NC2CCOCC2)c1CNC(=O)c1cccc(C(=O)NCc2ccc(OC)c(-c3cccc(C=O)c3)c2)c1.CCc1nc2c(cnn2CC)c(NC2CCOCC2)c1CNC(=O)c1cccc(C(=O)NCc2ccc(OC)c(-c3cccc(CN4CCCN(C)CC4)c3)c2)c1. The Balaban J connectivity index is 0.000000202. The van der Waals surface area contributed by atoms with Crippen LogP contribution in [-0.2, 0) is 68.1 Å². The summed E-state index contributed by atoms with van der Waals surface area (Å²) in [7, 11) is 5.47. The van der Waals surface area contributed by atoms with E-state index in [1.807, 2.05) is 71.1 Å². The molecular weight excluding hydrogens is 1350 g/mol. The van der Waals surface area contributed by atoms with Crippen molar-refractivity contribution in [2.24, 2.45) is 0 Å². The third-order valence-corrected chi connectivity index (χ3v) is 20.2. The Morgan fingerprint density at radius 3 is 1.40 bits per heavy atom. The molecule has 3 aliphatic rings. The minimum atomic E-state index is -0.307. The molecule has 23 heteroatoms. The second kappa shape index (κ2) is 36.4. The van der Waals surface area contributed by atoms with Crippen LogP contribution in [0.25, 0.3) is 44.3 Å². The molecular formula is C84H98N14O9. The zero-order valence-electron chi connectivity index (χ0n) is 62.4. The smallest absolute Gasteiger partial charge is 0.251 e. The van der Waals surface area contributed by atoms with Crippen LogP contribution in [0.15, 0.2) is 146 Å². The highest BCUT2D eigenvalue weighted by Gasteiger charge is 2.26. The van der Waals surface area contributed by atoms with Gasteiger partial charge in [0.25, 0.3) is 23.6 Å². The highest BCUT2D eigenvalue weighted by molar-refractivity contribution is 6.01. The maximum Gasteiger partial charge on any atom is 0.251 e. The van der Waals surface area contributed by atoms with Gasteiger partial charge in [-0.15, -0.1) is 0 Å². The zero-order valence-corrected chi connectivity index (χ0v) is 62.4. The molecule has 7 heterocycles. The highest BCUT2D eigenvalue weighted by atomic mass is 16.5. The number of nitrogens with zero attached hydrogens (tertiary/aromatic N) is 8. The minimum Gasteiger partial charge on any atom is -0.496 e. The van der Waals surface area contributed by atoms with Crippen molar-refractivity contribution < 1.29 is 42.9 Å². The van der Waals surface area contributed by atoms with Crippen molar-refractivity contribution >= 4 is 63.4 Å². The van der Waals surface area contributed by atoms with Gasteiger partial charge in [-0.1, -0.05) is 74.5 Å². The Hall–Kier alpha value is -10.9. The Bertz CT molecular complexity index is 4790. The molecule has 23 nitrogen and oxygen atoms in total. The molecule has 107 heavy (non-hydrogen) atoms. The van der Waals surface area contributed by atoms with Gasteiger partial charge in [-0.2, -0.15) is 10.2 Å². The van der Waals surface area contributed by atoms with Gasteiger partial charge in [0.1, 0.15) is 17.8 Å². The largest absolute Gasteiger partial charge is 0.496 e. The first-order valence-electron chi connectivity index (χ1n) is 37.4. The topological polar surface area (TPSA) is 262 Å². The van der Waals surface area contributed by atoms with Crippen LogP contribution in [0.3, 0.4) is 0 Å². The first-order chi connectivity index (χ1) is 52.2. The fourth-order valence-electron chi connectivity index (χ4n) is 14.2. The van der Waals surface area contributed by atoms with Crippen LogP contribution in [0.5, 0.6) is 11.5 Å². The minimum absolute atomic E-state index is 0.242. The van der Waals surface area contributed by atoms with Gasteiger partial charge in [0.05, 0.1) is 48.8 Å². The average Bonchev–Trinajstić information content (AvgIpc) is 1.64. The maximum atomic E-state index is 13.7. The van der Waals surface area contributed by atoms with Gasteiger partial charge >= 0.3 is 0 Å². The fourth-order valence-corrected chi connectivity index (χ4v) is 14.2. The summed E-state index contributed by atoms with van der Waals surface area (Å²) in [5.74, 6) is 0.316. The number of benzene rings is 6. The first-order valence-corrected chi connectivity index (χ1v) is 37.4. The van der Waals surface area contributed by atoms with Gasteiger partial charge < -0.3 is 55.7 Å². The molecule has 0 saturated carbocycles. The molecule has 0 bridgehead atoms.